The van der Waals surface area contributed by atoms with Crippen LogP contribution in [0, 0.1) is 11.7 Å². The van der Waals surface area contributed by atoms with Crippen molar-refractivity contribution in [3.63, 3.8) is 0 Å². The van der Waals surface area contributed by atoms with Gasteiger partial charge in [0.15, 0.2) is 0 Å². The second-order valence-electron chi connectivity index (χ2n) is 4.15. The zero-order chi connectivity index (χ0) is 13.1. The van der Waals surface area contributed by atoms with Crippen LogP contribution in [0.2, 0.25) is 5.02 Å². The van der Waals surface area contributed by atoms with Crippen LogP contribution in [0.1, 0.15) is 0 Å². The van der Waals surface area contributed by atoms with E-state index in [1.807, 2.05) is 0 Å². The molecule has 4 nitrogen and oxygen atoms in total. The fourth-order valence-electron chi connectivity index (χ4n) is 1.91. The molecule has 18 heavy (non-hydrogen) atoms. The molecule has 1 heterocycles. The lowest BCUT2D eigenvalue weighted by Crippen LogP contribution is -2.39. The van der Waals surface area contributed by atoms with Crippen molar-refractivity contribution in [3.8, 4) is 0 Å². The summed E-state index contributed by atoms with van der Waals surface area (Å²) in [5.41, 5.74) is 0.407. The van der Waals surface area contributed by atoms with Crippen LogP contribution in [-0.4, -0.2) is 32.2 Å². The predicted molar refractivity (Wildman–Crippen MR) is 67.2 cm³/mol. The number of carbonyl (C=O) groups is 1. The number of nitrogens with one attached hydrogen (secondary N) is 2. The molecule has 1 aromatic rings. The molecule has 1 aliphatic heterocycles. The summed E-state index contributed by atoms with van der Waals surface area (Å²) in [6.07, 6.45) is 0. The number of benzene rings is 1. The van der Waals surface area contributed by atoms with Crippen molar-refractivity contribution in [2.75, 3.05) is 25.6 Å². The molecule has 2 unspecified atom stereocenters. The van der Waals surface area contributed by atoms with Gasteiger partial charge >= 0.3 is 0 Å². The molecule has 2 atom stereocenters. The Morgan fingerprint density at radius 2 is 2.28 bits per heavy atom. The fourth-order valence-corrected chi connectivity index (χ4v) is 2.13. The Balaban J connectivity index is 2.07. The number of carbonyl (C=O) groups excluding carboxylic acids is 1. The molecule has 0 radical (unpaired) electrons. The zero-order valence-corrected chi connectivity index (χ0v) is 10.6. The van der Waals surface area contributed by atoms with Gasteiger partial charge in [-0.2, -0.15) is 0 Å². The Bertz CT molecular complexity index is 456. The summed E-state index contributed by atoms with van der Waals surface area (Å²) in [5, 5.41) is 5.90. The molecule has 2 N–H and O–H groups in total. The SMILES string of the molecule is CNC1COCC1C(=O)Nc1ccc(F)cc1Cl. The van der Waals surface area contributed by atoms with Gasteiger partial charge in [-0.15, -0.1) is 0 Å². The Labute approximate surface area is 109 Å². The molecular formula is C12H14ClFN2O2. The molecule has 6 heteroatoms. The standard InChI is InChI=1S/C12H14ClFN2O2/c1-15-11-6-18-5-8(11)12(17)16-10-3-2-7(14)4-9(10)13/h2-4,8,11,15H,5-6H2,1H3,(H,16,17). The second-order valence-corrected chi connectivity index (χ2v) is 4.56. The molecule has 98 valence electrons. The molecule has 1 aromatic carbocycles. The summed E-state index contributed by atoms with van der Waals surface area (Å²) in [4.78, 5) is 12.0. The summed E-state index contributed by atoms with van der Waals surface area (Å²) in [6.45, 7) is 0.877. The summed E-state index contributed by atoms with van der Waals surface area (Å²) in [7, 11) is 1.78. The molecule has 0 aliphatic carbocycles. The predicted octanol–water partition coefficient (Wildman–Crippen LogP) is 1.65. The van der Waals surface area contributed by atoms with Crippen LogP contribution in [0.5, 0.6) is 0 Å². The van der Waals surface area contributed by atoms with E-state index >= 15 is 0 Å². The second kappa shape index (κ2) is 5.65. The van der Waals surface area contributed by atoms with Crippen LogP contribution < -0.4 is 10.6 Å². The number of halogens is 2. The first-order valence-corrected chi connectivity index (χ1v) is 6.00. The normalized spacial score (nSPS) is 23.1. The van der Waals surface area contributed by atoms with E-state index in [9.17, 15) is 9.18 Å². The van der Waals surface area contributed by atoms with E-state index < -0.39 is 5.82 Å². The van der Waals surface area contributed by atoms with Crippen LogP contribution in [0.15, 0.2) is 18.2 Å². The van der Waals surface area contributed by atoms with E-state index in [0.29, 0.717) is 18.9 Å². The molecule has 0 spiro atoms. The monoisotopic (exact) mass is 272 g/mol. The number of ether oxygens (including phenoxy) is 1. The maximum absolute atomic E-state index is 12.9. The van der Waals surface area contributed by atoms with Gasteiger partial charge in [-0.25, -0.2) is 4.39 Å². The van der Waals surface area contributed by atoms with E-state index in [4.69, 9.17) is 16.3 Å². The van der Waals surface area contributed by atoms with Gasteiger partial charge in [0.2, 0.25) is 5.91 Å². The number of hydrogen-bond donors (Lipinski definition) is 2. The van der Waals surface area contributed by atoms with Crippen molar-refractivity contribution in [3.05, 3.63) is 29.0 Å². The van der Waals surface area contributed by atoms with Crippen LogP contribution in [-0.2, 0) is 9.53 Å². The maximum atomic E-state index is 12.9. The Hall–Kier alpha value is -1.17. The van der Waals surface area contributed by atoms with Gasteiger partial charge < -0.3 is 15.4 Å². The van der Waals surface area contributed by atoms with Crippen LogP contribution in [0.3, 0.4) is 0 Å². The van der Waals surface area contributed by atoms with Crippen molar-refractivity contribution >= 4 is 23.2 Å². The minimum Gasteiger partial charge on any atom is -0.379 e. The van der Waals surface area contributed by atoms with E-state index in [1.54, 1.807) is 7.05 Å². The first-order valence-electron chi connectivity index (χ1n) is 5.62. The summed E-state index contributed by atoms with van der Waals surface area (Å²) >= 11 is 5.85. The molecule has 0 saturated carbocycles. The molecule has 0 aromatic heterocycles. The average Bonchev–Trinajstić information content (AvgIpc) is 2.81. The lowest BCUT2D eigenvalue weighted by atomic mass is 10.0. The highest BCUT2D eigenvalue weighted by atomic mass is 35.5. The highest BCUT2D eigenvalue weighted by Crippen LogP contribution is 2.24. The fraction of sp³-hybridized carbons (Fsp3) is 0.417. The van der Waals surface area contributed by atoms with Gasteiger partial charge in [0.1, 0.15) is 5.82 Å². The van der Waals surface area contributed by atoms with Crippen molar-refractivity contribution in [1.82, 2.24) is 5.32 Å². The van der Waals surface area contributed by atoms with Crippen molar-refractivity contribution in [2.45, 2.75) is 6.04 Å². The highest BCUT2D eigenvalue weighted by molar-refractivity contribution is 6.33. The molecule has 1 aliphatic rings. The van der Waals surface area contributed by atoms with Crippen molar-refractivity contribution in [2.24, 2.45) is 5.92 Å². The van der Waals surface area contributed by atoms with Gasteiger partial charge in [0.25, 0.3) is 0 Å². The first-order chi connectivity index (χ1) is 8.61. The van der Waals surface area contributed by atoms with Crippen LogP contribution in [0.4, 0.5) is 10.1 Å². The van der Waals surface area contributed by atoms with E-state index in [2.05, 4.69) is 10.6 Å². The van der Waals surface area contributed by atoms with Gasteiger partial charge in [-0.1, -0.05) is 11.6 Å². The number of hydrogen-bond acceptors (Lipinski definition) is 3. The third-order valence-electron chi connectivity index (χ3n) is 2.98. The molecular weight excluding hydrogens is 259 g/mol. The van der Waals surface area contributed by atoms with Crippen LogP contribution >= 0.6 is 11.6 Å². The topological polar surface area (TPSA) is 50.4 Å². The lowest BCUT2D eigenvalue weighted by Gasteiger charge is -2.16. The Morgan fingerprint density at radius 1 is 1.50 bits per heavy atom. The largest absolute Gasteiger partial charge is 0.379 e. The zero-order valence-electron chi connectivity index (χ0n) is 9.87. The van der Waals surface area contributed by atoms with E-state index in [-0.39, 0.29) is 22.9 Å². The Morgan fingerprint density at radius 3 is 2.94 bits per heavy atom. The number of likely N-dealkylation sites (N-methyl/N-ethyl adjacent to an activating group) is 1. The van der Waals surface area contributed by atoms with Crippen LogP contribution in [0.25, 0.3) is 0 Å². The van der Waals surface area contributed by atoms with Crippen molar-refractivity contribution < 1.29 is 13.9 Å². The lowest BCUT2D eigenvalue weighted by molar-refractivity contribution is -0.120. The highest BCUT2D eigenvalue weighted by Gasteiger charge is 2.33. The first kappa shape index (κ1) is 13.3. The minimum atomic E-state index is -0.435. The molecule has 1 saturated heterocycles. The average molecular weight is 273 g/mol. The summed E-state index contributed by atoms with van der Waals surface area (Å²) in [6, 6.07) is 3.85. The smallest absolute Gasteiger partial charge is 0.231 e. The quantitative estimate of drug-likeness (QED) is 0.880. The van der Waals surface area contributed by atoms with Gasteiger partial charge in [-0.05, 0) is 25.2 Å². The maximum Gasteiger partial charge on any atom is 0.231 e. The molecule has 1 amide bonds. The summed E-state index contributed by atoms with van der Waals surface area (Å²) in [5.74, 6) is -0.883. The summed E-state index contributed by atoms with van der Waals surface area (Å²) < 4.78 is 18.1. The van der Waals surface area contributed by atoms with Gasteiger partial charge in [0, 0.05) is 6.04 Å². The Kier molecular flexibility index (Phi) is 4.16. The third-order valence-corrected chi connectivity index (χ3v) is 3.29. The number of anilines is 1. The number of amides is 1. The number of rotatable bonds is 3. The van der Waals surface area contributed by atoms with Gasteiger partial charge in [0.05, 0.1) is 29.8 Å². The van der Waals surface area contributed by atoms with E-state index in [0.717, 1.165) is 6.07 Å². The molecule has 2 rings (SSSR count). The van der Waals surface area contributed by atoms with Gasteiger partial charge in [-0.3, -0.25) is 4.79 Å². The van der Waals surface area contributed by atoms with E-state index in [1.165, 1.54) is 12.1 Å². The molecule has 0 bridgehead atoms. The van der Waals surface area contributed by atoms with Crippen molar-refractivity contribution in [1.29, 1.82) is 0 Å². The minimum absolute atomic E-state index is 0.00998. The third kappa shape index (κ3) is 2.80. The molecule has 1 fully saturated rings.